The van der Waals surface area contributed by atoms with Gasteiger partial charge in [-0.1, -0.05) is 29.8 Å². The zero-order valence-corrected chi connectivity index (χ0v) is 13.4. The van der Waals surface area contributed by atoms with Crippen LogP contribution in [-0.2, 0) is 14.6 Å². The van der Waals surface area contributed by atoms with E-state index in [1.165, 1.54) is 30.3 Å². The van der Waals surface area contributed by atoms with E-state index in [0.717, 1.165) is 11.8 Å². The average Bonchev–Trinajstić information content (AvgIpc) is 2.46. The van der Waals surface area contributed by atoms with Gasteiger partial charge < -0.3 is 5.32 Å². The summed E-state index contributed by atoms with van der Waals surface area (Å²) in [6.07, 6.45) is 4.11. The molecule has 0 fully saturated rings. The van der Waals surface area contributed by atoms with Crippen LogP contribution in [0.25, 0.3) is 6.08 Å². The number of benzene rings is 2. The Morgan fingerprint density at radius 3 is 2.32 bits per heavy atom. The number of amides is 1. The molecule has 2 rings (SSSR count). The molecule has 0 saturated heterocycles. The third-order valence-electron chi connectivity index (χ3n) is 2.87. The predicted molar refractivity (Wildman–Crippen MR) is 88.7 cm³/mol. The minimum absolute atomic E-state index is 0.206. The summed E-state index contributed by atoms with van der Waals surface area (Å²) in [6.45, 7) is 0. The first-order valence-electron chi connectivity index (χ1n) is 6.40. The summed E-state index contributed by atoms with van der Waals surface area (Å²) in [5, 5.41) is 3.21. The van der Waals surface area contributed by atoms with Gasteiger partial charge in [0.2, 0.25) is 5.91 Å². The molecule has 2 aromatic rings. The number of carbonyl (C=O) groups excluding carboxylic acids is 1. The highest BCUT2D eigenvalue weighted by Crippen LogP contribution is 2.17. The summed E-state index contributed by atoms with van der Waals surface area (Å²) in [5.41, 5.74) is 1.26. The van der Waals surface area contributed by atoms with Crippen molar-refractivity contribution in [3.8, 4) is 0 Å². The normalized spacial score (nSPS) is 11.5. The van der Waals surface area contributed by atoms with E-state index >= 15 is 0 Å². The quantitative estimate of drug-likeness (QED) is 0.871. The molecule has 2 aromatic carbocycles. The molecule has 4 nitrogen and oxygen atoms in total. The Balaban J connectivity index is 2.05. The van der Waals surface area contributed by atoms with Crippen LogP contribution in [0.5, 0.6) is 0 Å². The molecule has 0 radical (unpaired) electrons. The van der Waals surface area contributed by atoms with Crippen LogP contribution < -0.4 is 5.32 Å². The maximum Gasteiger partial charge on any atom is 0.248 e. The van der Waals surface area contributed by atoms with Gasteiger partial charge in [0.25, 0.3) is 0 Å². The Hall–Kier alpha value is -2.11. The Bertz CT molecular complexity index is 812. The fourth-order valence-electron chi connectivity index (χ4n) is 1.75. The molecular weight excluding hydrogens is 322 g/mol. The standard InChI is InChI=1S/C16H14ClNO3S/c1-22(20,21)14-9-7-13(8-10-14)18-16(19)11-6-12-4-2-3-5-15(12)17/h2-11H,1H3,(H,18,19)/b11-6+. The fraction of sp³-hybridized carbons (Fsp3) is 0.0625. The minimum Gasteiger partial charge on any atom is -0.323 e. The van der Waals surface area contributed by atoms with Gasteiger partial charge in [-0.25, -0.2) is 8.42 Å². The molecule has 1 N–H and O–H groups in total. The molecule has 0 aliphatic heterocycles. The van der Waals surface area contributed by atoms with Gasteiger partial charge in [-0.15, -0.1) is 0 Å². The smallest absolute Gasteiger partial charge is 0.248 e. The van der Waals surface area contributed by atoms with Crippen molar-refractivity contribution >= 4 is 39.1 Å². The highest BCUT2D eigenvalue weighted by atomic mass is 35.5. The van der Waals surface area contributed by atoms with E-state index in [4.69, 9.17) is 11.6 Å². The number of halogens is 1. The van der Waals surface area contributed by atoms with E-state index in [2.05, 4.69) is 5.32 Å². The van der Waals surface area contributed by atoms with Crippen molar-refractivity contribution in [3.05, 3.63) is 65.2 Å². The third kappa shape index (κ3) is 4.44. The van der Waals surface area contributed by atoms with Crippen molar-refractivity contribution in [2.45, 2.75) is 4.90 Å². The molecular formula is C16H14ClNO3S. The average molecular weight is 336 g/mol. The van der Waals surface area contributed by atoms with Crippen LogP contribution >= 0.6 is 11.6 Å². The lowest BCUT2D eigenvalue weighted by atomic mass is 10.2. The molecule has 114 valence electrons. The molecule has 0 spiro atoms. The van der Waals surface area contributed by atoms with Gasteiger partial charge in [-0.3, -0.25) is 4.79 Å². The lowest BCUT2D eigenvalue weighted by molar-refractivity contribution is -0.111. The third-order valence-corrected chi connectivity index (χ3v) is 4.34. The van der Waals surface area contributed by atoms with Crippen LogP contribution in [0.4, 0.5) is 5.69 Å². The van der Waals surface area contributed by atoms with Crippen molar-refractivity contribution in [2.75, 3.05) is 11.6 Å². The first-order valence-corrected chi connectivity index (χ1v) is 8.67. The summed E-state index contributed by atoms with van der Waals surface area (Å²) >= 11 is 5.99. The molecule has 0 unspecified atom stereocenters. The Morgan fingerprint density at radius 1 is 1.09 bits per heavy atom. The van der Waals surface area contributed by atoms with Crippen LogP contribution in [-0.4, -0.2) is 20.6 Å². The fourth-order valence-corrected chi connectivity index (χ4v) is 2.57. The van der Waals surface area contributed by atoms with E-state index in [9.17, 15) is 13.2 Å². The maximum atomic E-state index is 11.8. The Kier molecular flexibility index (Phi) is 5.00. The molecule has 0 aliphatic carbocycles. The lowest BCUT2D eigenvalue weighted by Gasteiger charge is -2.03. The van der Waals surface area contributed by atoms with Crippen molar-refractivity contribution in [1.29, 1.82) is 0 Å². The number of hydrogen-bond acceptors (Lipinski definition) is 3. The second-order valence-electron chi connectivity index (χ2n) is 4.64. The molecule has 0 aliphatic rings. The lowest BCUT2D eigenvalue weighted by Crippen LogP contribution is -2.08. The van der Waals surface area contributed by atoms with Crippen molar-refractivity contribution < 1.29 is 13.2 Å². The van der Waals surface area contributed by atoms with Crippen LogP contribution in [0.3, 0.4) is 0 Å². The van der Waals surface area contributed by atoms with Crippen LogP contribution in [0, 0.1) is 0 Å². The summed E-state index contributed by atoms with van der Waals surface area (Å²) in [5.74, 6) is -0.327. The van der Waals surface area contributed by atoms with Crippen LogP contribution in [0.15, 0.2) is 59.5 Å². The van der Waals surface area contributed by atoms with Crippen molar-refractivity contribution in [1.82, 2.24) is 0 Å². The van der Waals surface area contributed by atoms with E-state index in [1.807, 2.05) is 12.1 Å². The number of nitrogens with one attached hydrogen (secondary N) is 1. The van der Waals surface area contributed by atoms with Crippen molar-refractivity contribution in [2.24, 2.45) is 0 Å². The first-order chi connectivity index (χ1) is 10.4. The van der Waals surface area contributed by atoms with Crippen LogP contribution in [0.2, 0.25) is 5.02 Å². The van der Waals surface area contributed by atoms with Gasteiger partial charge >= 0.3 is 0 Å². The van der Waals surface area contributed by atoms with Gasteiger partial charge in [-0.2, -0.15) is 0 Å². The molecule has 0 bridgehead atoms. The first kappa shape index (κ1) is 16.3. The zero-order valence-electron chi connectivity index (χ0n) is 11.8. The number of carbonyl (C=O) groups is 1. The number of sulfone groups is 1. The van der Waals surface area contributed by atoms with E-state index in [-0.39, 0.29) is 10.8 Å². The molecule has 6 heteroatoms. The summed E-state index contributed by atoms with van der Waals surface area (Å²) in [4.78, 5) is 12.0. The molecule has 0 atom stereocenters. The Morgan fingerprint density at radius 2 is 1.73 bits per heavy atom. The summed E-state index contributed by atoms with van der Waals surface area (Å²) in [7, 11) is -3.24. The largest absolute Gasteiger partial charge is 0.323 e. The SMILES string of the molecule is CS(=O)(=O)c1ccc(NC(=O)/C=C/c2ccccc2Cl)cc1. The highest BCUT2D eigenvalue weighted by Gasteiger charge is 2.06. The maximum absolute atomic E-state index is 11.8. The molecule has 22 heavy (non-hydrogen) atoms. The summed E-state index contributed by atoms with van der Waals surface area (Å²) < 4.78 is 22.7. The molecule has 0 saturated carbocycles. The van der Waals surface area contributed by atoms with E-state index < -0.39 is 9.84 Å². The second kappa shape index (κ2) is 6.77. The number of rotatable bonds is 4. The highest BCUT2D eigenvalue weighted by molar-refractivity contribution is 7.90. The van der Waals surface area contributed by atoms with Crippen LogP contribution in [0.1, 0.15) is 5.56 Å². The van der Waals surface area contributed by atoms with Gasteiger partial charge in [0.15, 0.2) is 9.84 Å². The number of anilines is 1. The van der Waals surface area contributed by atoms with Gasteiger partial charge in [-0.05, 0) is 42.0 Å². The topological polar surface area (TPSA) is 63.2 Å². The monoisotopic (exact) mass is 335 g/mol. The molecule has 1 amide bonds. The van der Waals surface area contributed by atoms with Gasteiger partial charge in [0.1, 0.15) is 0 Å². The zero-order chi connectivity index (χ0) is 16.2. The predicted octanol–water partition coefficient (Wildman–Crippen LogP) is 3.40. The van der Waals surface area contributed by atoms with Gasteiger partial charge in [0.05, 0.1) is 4.90 Å². The van der Waals surface area contributed by atoms with Crippen molar-refractivity contribution in [3.63, 3.8) is 0 Å². The van der Waals surface area contributed by atoms with E-state index in [1.54, 1.807) is 18.2 Å². The van der Waals surface area contributed by atoms with Gasteiger partial charge in [0, 0.05) is 23.0 Å². The molecule has 0 heterocycles. The summed E-state index contributed by atoms with van der Waals surface area (Å²) in [6, 6.07) is 13.1. The van der Waals surface area contributed by atoms with E-state index in [0.29, 0.717) is 10.7 Å². The Labute approximate surface area is 134 Å². The minimum atomic E-state index is -3.24. The number of hydrogen-bond donors (Lipinski definition) is 1. The second-order valence-corrected chi connectivity index (χ2v) is 7.06. The molecule has 0 aromatic heterocycles.